The van der Waals surface area contributed by atoms with Crippen molar-refractivity contribution in [2.75, 3.05) is 17.2 Å². The number of thiazole rings is 1. The van der Waals surface area contributed by atoms with Gasteiger partial charge in [-0.25, -0.2) is 9.97 Å². The van der Waals surface area contributed by atoms with E-state index in [4.69, 9.17) is 0 Å². The van der Waals surface area contributed by atoms with E-state index >= 15 is 0 Å². The Bertz CT molecular complexity index is 1430. The molecule has 1 aliphatic rings. The number of nitrogens with one attached hydrogen (secondary N) is 2. The third kappa shape index (κ3) is 5.55. The molecule has 0 unspecified atom stereocenters. The first kappa shape index (κ1) is 27.3. The maximum atomic E-state index is 14.1. The van der Waals surface area contributed by atoms with E-state index in [1.165, 1.54) is 23.5 Å². The number of halogens is 3. The van der Waals surface area contributed by atoms with Crippen LogP contribution in [0, 0.1) is 19.8 Å². The van der Waals surface area contributed by atoms with E-state index in [1.807, 2.05) is 24.3 Å². The second kappa shape index (κ2) is 10.7. The number of aliphatic hydroxyl groups is 3. The highest BCUT2D eigenvalue weighted by Crippen LogP contribution is 2.40. The zero-order valence-corrected chi connectivity index (χ0v) is 22.0. The molecule has 206 valence electrons. The molecular weight excluding hydrogens is 531 g/mol. The third-order valence-electron chi connectivity index (χ3n) is 6.97. The Balaban J connectivity index is 1.57. The molecule has 4 aromatic rings. The van der Waals surface area contributed by atoms with E-state index in [0.29, 0.717) is 16.3 Å². The minimum Gasteiger partial charge on any atom is -0.396 e. The van der Waals surface area contributed by atoms with E-state index in [1.54, 1.807) is 26.0 Å². The number of aryl methyl sites for hydroxylation is 2. The van der Waals surface area contributed by atoms with Crippen LogP contribution in [0.3, 0.4) is 0 Å². The van der Waals surface area contributed by atoms with Crippen LogP contribution >= 0.6 is 11.3 Å². The fourth-order valence-corrected chi connectivity index (χ4v) is 5.91. The summed E-state index contributed by atoms with van der Waals surface area (Å²) in [5, 5.41) is 36.6. The van der Waals surface area contributed by atoms with Crippen molar-refractivity contribution in [3.05, 3.63) is 65.4 Å². The molecule has 2 heterocycles. The number of hydrogen-bond donors (Lipinski definition) is 5. The molecule has 1 saturated carbocycles. The molecule has 0 bridgehead atoms. The Morgan fingerprint density at radius 1 is 1.00 bits per heavy atom. The largest absolute Gasteiger partial charge is 0.412 e. The highest BCUT2D eigenvalue weighted by molar-refractivity contribution is 7.21. The quantitative estimate of drug-likeness (QED) is 0.223. The van der Waals surface area contributed by atoms with Gasteiger partial charge in [0.15, 0.2) is 6.04 Å². The molecule has 0 spiro atoms. The SMILES string of the molecule is Cc1ccc([C@H](Nc2nc(C)c(-c3nc4ccccc4s3)c(N[C@@H]3C[C@H](CO)[C@@H](O)[C@H]3O)n2)C(F)(F)F)cc1. The Morgan fingerprint density at radius 2 is 1.72 bits per heavy atom. The molecule has 39 heavy (non-hydrogen) atoms. The summed E-state index contributed by atoms with van der Waals surface area (Å²) in [4.78, 5) is 13.5. The Kier molecular flexibility index (Phi) is 7.47. The molecule has 0 aliphatic heterocycles. The van der Waals surface area contributed by atoms with Gasteiger partial charge in [-0.1, -0.05) is 42.0 Å². The van der Waals surface area contributed by atoms with E-state index in [9.17, 15) is 28.5 Å². The summed E-state index contributed by atoms with van der Waals surface area (Å²) >= 11 is 1.38. The number of rotatable bonds is 7. The van der Waals surface area contributed by atoms with Gasteiger partial charge < -0.3 is 26.0 Å². The van der Waals surface area contributed by atoms with Gasteiger partial charge in [-0.2, -0.15) is 18.2 Å². The topological polar surface area (TPSA) is 123 Å². The number of aromatic nitrogens is 3. The zero-order chi connectivity index (χ0) is 27.9. The monoisotopic (exact) mass is 559 g/mol. The van der Waals surface area contributed by atoms with Crippen LogP contribution in [0.4, 0.5) is 24.9 Å². The van der Waals surface area contributed by atoms with Crippen LogP contribution in [0.5, 0.6) is 0 Å². The normalized spacial score (nSPS) is 22.3. The van der Waals surface area contributed by atoms with Crippen LogP contribution in [0.1, 0.15) is 29.3 Å². The van der Waals surface area contributed by atoms with E-state index in [-0.39, 0.29) is 30.4 Å². The Morgan fingerprint density at radius 3 is 2.36 bits per heavy atom. The Hall–Kier alpha value is -3.32. The van der Waals surface area contributed by atoms with E-state index in [0.717, 1.165) is 15.8 Å². The van der Waals surface area contributed by atoms with Gasteiger partial charge in [-0.05, 0) is 38.0 Å². The predicted octanol–water partition coefficient (Wildman–Crippen LogP) is 4.60. The lowest BCUT2D eigenvalue weighted by Gasteiger charge is -2.24. The van der Waals surface area contributed by atoms with Crippen molar-refractivity contribution in [2.24, 2.45) is 5.92 Å². The minimum absolute atomic E-state index is 0.0132. The van der Waals surface area contributed by atoms with Crippen molar-refractivity contribution >= 4 is 33.3 Å². The van der Waals surface area contributed by atoms with Crippen LogP contribution in [0.25, 0.3) is 20.8 Å². The zero-order valence-electron chi connectivity index (χ0n) is 21.1. The summed E-state index contributed by atoms with van der Waals surface area (Å²) in [6.45, 7) is 3.13. The molecule has 0 amide bonds. The molecule has 12 heteroatoms. The maximum absolute atomic E-state index is 14.1. The third-order valence-corrected chi connectivity index (χ3v) is 8.02. The van der Waals surface area contributed by atoms with Gasteiger partial charge in [0.05, 0.1) is 33.6 Å². The summed E-state index contributed by atoms with van der Waals surface area (Å²) in [5.41, 5.74) is 2.45. The molecule has 1 fully saturated rings. The molecule has 8 nitrogen and oxygen atoms in total. The van der Waals surface area contributed by atoms with Crippen LogP contribution in [-0.2, 0) is 0 Å². The highest BCUT2D eigenvalue weighted by atomic mass is 32.1. The number of hydrogen-bond acceptors (Lipinski definition) is 9. The van der Waals surface area contributed by atoms with Gasteiger partial charge in [0.2, 0.25) is 5.95 Å². The second-order valence-corrected chi connectivity index (χ2v) is 10.8. The van der Waals surface area contributed by atoms with Gasteiger partial charge in [-0.3, -0.25) is 0 Å². The van der Waals surface area contributed by atoms with Crippen LogP contribution < -0.4 is 10.6 Å². The first-order valence-corrected chi connectivity index (χ1v) is 13.2. The van der Waals surface area contributed by atoms with Crippen molar-refractivity contribution < 1.29 is 28.5 Å². The summed E-state index contributed by atoms with van der Waals surface area (Å²) in [7, 11) is 0. The highest BCUT2D eigenvalue weighted by Gasteiger charge is 2.43. The average molecular weight is 560 g/mol. The first-order valence-electron chi connectivity index (χ1n) is 12.4. The number of aliphatic hydroxyl groups excluding tert-OH is 3. The standard InChI is InChI=1S/C27H28F3N5O3S/c1-13-7-9-15(10-8-13)23(27(28,29)30)34-26-31-14(2)20(25-33-17-5-3-4-6-19(17)39-25)24(35-26)32-18-11-16(12-36)21(37)22(18)38/h3-10,16,18,21-23,36-38H,11-12H2,1-2H3,(H2,31,32,34,35)/t16-,18-,21-,22+,23+/m1/s1. The fourth-order valence-electron chi connectivity index (χ4n) is 4.84. The predicted molar refractivity (Wildman–Crippen MR) is 144 cm³/mol. The van der Waals surface area contributed by atoms with Gasteiger partial charge in [-0.15, -0.1) is 11.3 Å². The van der Waals surface area contributed by atoms with Crippen molar-refractivity contribution in [3.63, 3.8) is 0 Å². The van der Waals surface area contributed by atoms with Gasteiger partial charge in [0.25, 0.3) is 0 Å². The van der Waals surface area contributed by atoms with Crippen LogP contribution in [0.2, 0.25) is 0 Å². The molecule has 0 saturated heterocycles. The molecule has 1 aliphatic carbocycles. The molecule has 5 atom stereocenters. The summed E-state index contributed by atoms with van der Waals surface area (Å²) in [5.74, 6) is -0.640. The van der Waals surface area contributed by atoms with Crippen molar-refractivity contribution in [2.45, 2.75) is 50.7 Å². The molecule has 0 radical (unpaired) electrons. The molecule has 5 N–H and O–H groups in total. The number of anilines is 2. The number of benzene rings is 2. The summed E-state index contributed by atoms with van der Waals surface area (Å²) in [6, 6.07) is 10.8. The smallest absolute Gasteiger partial charge is 0.396 e. The maximum Gasteiger partial charge on any atom is 0.412 e. The van der Waals surface area contributed by atoms with E-state index < -0.39 is 36.4 Å². The van der Waals surface area contributed by atoms with Gasteiger partial charge in [0, 0.05) is 12.5 Å². The average Bonchev–Trinajstić information content (AvgIpc) is 3.43. The first-order chi connectivity index (χ1) is 18.5. The Labute approximate surface area is 226 Å². The van der Waals surface area contributed by atoms with Gasteiger partial charge in [0.1, 0.15) is 16.9 Å². The number of alkyl halides is 3. The molecular formula is C27H28F3N5O3S. The number of fused-ring (bicyclic) bond motifs is 1. The van der Waals surface area contributed by atoms with Crippen LogP contribution in [-0.4, -0.2) is 61.3 Å². The fraction of sp³-hybridized carbons (Fsp3) is 0.370. The molecule has 2 aromatic carbocycles. The number of nitrogens with zero attached hydrogens (tertiary/aromatic N) is 3. The molecule has 5 rings (SSSR count). The molecule has 2 aromatic heterocycles. The van der Waals surface area contributed by atoms with Crippen LogP contribution in [0.15, 0.2) is 48.5 Å². The van der Waals surface area contributed by atoms with Crippen molar-refractivity contribution in [1.29, 1.82) is 0 Å². The second-order valence-electron chi connectivity index (χ2n) is 9.78. The van der Waals surface area contributed by atoms with Crippen molar-refractivity contribution in [3.8, 4) is 10.6 Å². The number of para-hydroxylation sites is 1. The van der Waals surface area contributed by atoms with Crippen molar-refractivity contribution in [1.82, 2.24) is 15.0 Å². The lowest BCUT2D eigenvalue weighted by molar-refractivity contribution is -0.144. The lowest BCUT2D eigenvalue weighted by Crippen LogP contribution is -2.36. The van der Waals surface area contributed by atoms with E-state index in [2.05, 4.69) is 25.6 Å². The van der Waals surface area contributed by atoms with Gasteiger partial charge >= 0.3 is 6.18 Å². The lowest BCUT2D eigenvalue weighted by atomic mass is 10.0. The summed E-state index contributed by atoms with van der Waals surface area (Å²) in [6.07, 6.45) is -6.77. The minimum atomic E-state index is -4.63. The summed E-state index contributed by atoms with van der Waals surface area (Å²) < 4.78 is 43.3.